The summed E-state index contributed by atoms with van der Waals surface area (Å²) in [5.74, 6) is -0.348. The number of ketones is 1. The van der Waals surface area contributed by atoms with Gasteiger partial charge in [-0.15, -0.1) is 0 Å². The molecule has 0 amide bonds. The number of halogens is 2. The van der Waals surface area contributed by atoms with Gasteiger partial charge in [0, 0.05) is 10.9 Å². The molecule has 4 rings (SSSR count). The smallest absolute Gasteiger partial charge is 0.221 e. The van der Waals surface area contributed by atoms with E-state index in [1.807, 2.05) is 24.3 Å². The fraction of sp³-hybridized carbons (Fsp3) is 0.0476. The predicted octanol–water partition coefficient (Wildman–Crippen LogP) is 5.62. The minimum atomic E-state index is -0.338. The largest absolute Gasteiger partial charge is 0.453 e. The van der Waals surface area contributed by atoms with Crippen molar-refractivity contribution in [3.8, 4) is 5.69 Å². The summed E-state index contributed by atoms with van der Waals surface area (Å²) in [5.41, 5.74) is 2.56. The van der Waals surface area contributed by atoms with E-state index in [0.717, 1.165) is 5.39 Å². The van der Waals surface area contributed by atoms with Crippen molar-refractivity contribution < 1.29 is 13.6 Å². The molecule has 0 bridgehead atoms. The molecular weight excluding hydrogens is 367 g/mol. The first kappa shape index (κ1) is 17.2. The number of hydrogen-bond donors (Lipinski definition) is 0. The van der Waals surface area contributed by atoms with Gasteiger partial charge in [-0.05, 0) is 55.5 Å². The van der Waals surface area contributed by atoms with Crippen LogP contribution in [0.1, 0.15) is 21.8 Å². The molecule has 0 aliphatic rings. The van der Waals surface area contributed by atoms with Crippen LogP contribution in [0.4, 0.5) is 4.39 Å². The van der Waals surface area contributed by atoms with Gasteiger partial charge < -0.3 is 4.42 Å². The first-order chi connectivity index (χ1) is 13.0. The molecule has 0 atom stereocenters. The fourth-order valence-electron chi connectivity index (χ4n) is 2.80. The van der Waals surface area contributed by atoms with Crippen LogP contribution >= 0.6 is 11.6 Å². The summed E-state index contributed by atoms with van der Waals surface area (Å²) in [6.45, 7) is 1.79. The lowest BCUT2D eigenvalue weighted by atomic mass is 10.2. The van der Waals surface area contributed by atoms with Gasteiger partial charge in [0.1, 0.15) is 16.6 Å². The second-order valence-electron chi connectivity index (χ2n) is 6.02. The molecule has 2 heterocycles. The van der Waals surface area contributed by atoms with Crippen molar-refractivity contribution in [2.75, 3.05) is 0 Å². The van der Waals surface area contributed by atoms with E-state index in [0.29, 0.717) is 27.7 Å². The van der Waals surface area contributed by atoms with Gasteiger partial charge in [-0.1, -0.05) is 29.8 Å². The molecule has 0 saturated heterocycles. The third kappa shape index (κ3) is 3.29. The van der Waals surface area contributed by atoms with E-state index in [1.54, 1.807) is 31.2 Å². The van der Waals surface area contributed by atoms with E-state index < -0.39 is 0 Å². The van der Waals surface area contributed by atoms with Gasteiger partial charge in [0.15, 0.2) is 5.76 Å². The number of furan rings is 1. The average Bonchev–Trinajstić information content (AvgIpc) is 3.22. The van der Waals surface area contributed by atoms with Crippen LogP contribution in [0.2, 0.25) is 5.15 Å². The van der Waals surface area contributed by atoms with Gasteiger partial charge in [0.05, 0.1) is 11.4 Å². The number of carbonyl (C=O) groups is 1. The van der Waals surface area contributed by atoms with Crippen molar-refractivity contribution in [3.05, 3.63) is 88.7 Å². The molecule has 6 heteroatoms. The van der Waals surface area contributed by atoms with Crippen molar-refractivity contribution in [1.82, 2.24) is 9.78 Å². The number of para-hydroxylation sites is 1. The van der Waals surface area contributed by atoms with Crippen molar-refractivity contribution in [2.24, 2.45) is 0 Å². The minimum absolute atomic E-state index is 0.257. The van der Waals surface area contributed by atoms with Crippen LogP contribution in [-0.2, 0) is 0 Å². The van der Waals surface area contributed by atoms with Crippen molar-refractivity contribution in [2.45, 2.75) is 6.92 Å². The third-order valence-corrected chi connectivity index (χ3v) is 4.55. The van der Waals surface area contributed by atoms with Crippen LogP contribution in [0, 0.1) is 12.7 Å². The summed E-state index contributed by atoms with van der Waals surface area (Å²) in [6.07, 6.45) is 3.02. The summed E-state index contributed by atoms with van der Waals surface area (Å²) >= 11 is 6.42. The number of aryl methyl sites for hydroxylation is 1. The molecule has 0 saturated carbocycles. The number of nitrogens with zero attached hydrogens (tertiary/aromatic N) is 2. The molecule has 27 heavy (non-hydrogen) atoms. The maximum absolute atomic E-state index is 13.1. The average molecular weight is 381 g/mol. The highest BCUT2D eigenvalue weighted by atomic mass is 35.5. The number of aromatic nitrogens is 2. The molecule has 4 nitrogen and oxygen atoms in total. The van der Waals surface area contributed by atoms with Gasteiger partial charge in [-0.25, -0.2) is 9.07 Å². The van der Waals surface area contributed by atoms with Crippen LogP contribution in [0.15, 0.2) is 65.1 Å². The minimum Gasteiger partial charge on any atom is -0.453 e. The van der Waals surface area contributed by atoms with Crippen molar-refractivity contribution in [3.63, 3.8) is 0 Å². The first-order valence-corrected chi connectivity index (χ1v) is 8.63. The molecule has 0 radical (unpaired) electrons. The van der Waals surface area contributed by atoms with Gasteiger partial charge in [-0.2, -0.15) is 5.10 Å². The van der Waals surface area contributed by atoms with Gasteiger partial charge in [0.25, 0.3) is 0 Å². The van der Waals surface area contributed by atoms with Crippen LogP contribution in [0.5, 0.6) is 0 Å². The zero-order chi connectivity index (χ0) is 19.0. The summed E-state index contributed by atoms with van der Waals surface area (Å²) in [7, 11) is 0. The quantitative estimate of drug-likeness (QED) is 0.341. The van der Waals surface area contributed by atoms with Crippen LogP contribution in [-0.4, -0.2) is 15.6 Å². The lowest BCUT2D eigenvalue weighted by Gasteiger charge is -2.02. The number of rotatable bonds is 4. The highest BCUT2D eigenvalue weighted by Gasteiger charge is 2.14. The molecule has 0 unspecified atom stereocenters. The highest BCUT2D eigenvalue weighted by Crippen LogP contribution is 2.25. The van der Waals surface area contributed by atoms with E-state index in [1.165, 1.54) is 22.9 Å². The Bertz CT molecular complexity index is 1140. The summed E-state index contributed by atoms with van der Waals surface area (Å²) in [4.78, 5) is 12.4. The summed E-state index contributed by atoms with van der Waals surface area (Å²) in [6, 6.07) is 15.0. The molecule has 0 N–H and O–H groups in total. The zero-order valence-corrected chi connectivity index (χ0v) is 15.1. The highest BCUT2D eigenvalue weighted by molar-refractivity contribution is 6.31. The number of benzene rings is 2. The normalized spacial score (nSPS) is 11.5. The standard InChI is InChI=1S/C21H14ClFN2O2/c1-13-17(21(22)25(24-13)16-8-6-15(23)7-9-16)10-11-18(26)20-12-14-4-2-3-5-19(14)27-20/h2-12H,1H3/b11-10+. The molecule has 2 aromatic heterocycles. The van der Waals surface area contributed by atoms with E-state index in [-0.39, 0.29) is 17.4 Å². The van der Waals surface area contributed by atoms with Crippen molar-refractivity contribution in [1.29, 1.82) is 0 Å². The number of allylic oxidation sites excluding steroid dienone is 1. The maximum Gasteiger partial charge on any atom is 0.221 e. The molecular formula is C21H14ClFN2O2. The molecule has 0 fully saturated rings. The second-order valence-corrected chi connectivity index (χ2v) is 6.38. The lowest BCUT2D eigenvalue weighted by Crippen LogP contribution is -1.96. The zero-order valence-electron chi connectivity index (χ0n) is 14.3. The Morgan fingerprint density at radius 3 is 2.67 bits per heavy atom. The molecule has 0 aliphatic heterocycles. The van der Waals surface area contributed by atoms with Crippen LogP contribution in [0.3, 0.4) is 0 Å². The lowest BCUT2D eigenvalue weighted by molar-refractivity contribution is 0.102. The van der Waals surface area contributed by atoms with E-state index in [2.05, 4.69) is 5.10 Å². The van der Waals surface area contributed by atoms with E-state index >= 15 is 0 Å². The van der Waals surface area contributed by atoms with E-state index in [9.17, 15) is 9.18 Å². The Hall–Kier alpha value is -3.18. The first-order valence-electron chi connectivity index (χ1n) is 8.25. The molecule has 134 valence electrons. The van der Waals surface area contributed by atoms with Crippen molar-refractivity contribution >= 4 is 34.4 Å². The summed E-state index contributed by atoms with van der Waals surface area (Å²) < 4.78 is 20.2. The molecule has 4 aromatic rings. The maximum atomic E-state index is 13.1. The number of hydrogen-bond acceptors (Lipinski definition) is 3. The Balaban J connectivity index is 1.63. The predicted molar refractivity (Wildman–Crippen MR) is 103 cm³/mol. The molecule has 2 aromatic carbocycles. The summed E-state index contributed by atoms with van der Waals surface area (Å²) in [5, 5.41) is 5.58. The topological polar surface area (TPSA) is 48.0 Å². The van der Waals surface area contributed by atoms with Gasteiger partial charge >= 0.3 is 0 Å². The van der Waals surface area contributed by atoms with Crippen LogP contribution < -0.4 is 0 Å². The van der Waals surface area contributed by atoms with Gasteiger partial charge in [-0.3, -0.25) is 4.79 Å². The second kappa shape index (κ2) is 6.85. The SMILES string of the molecule is Cc1nn(-c2ccc(F)cc2)c(Cl)c1/C=C/C(=O)c1cc2ccccc2o1. The Morgan fingerprint density at radius 1 is 1.19 bits per heavy atom. The Morgan fingerprint density at radius 2 is 1.93 bits per heavy atom. The number of carbonyl (C=O) groups excluding carboxylic acids is 1. The third-order valence-electron chi connectivity index (χ3n) is 4.19. The fourth-order valence-corrected chi connectivity index (χ4v) is 3.13. The van der Waals surface area contributed by atoms with Gasteiger partial charge in [0.2, 0.25) is 5.78 Å². The van der Waals surface area contributed by atoms with E-state index in [4.69, 9.17) is 16.0 Å². The Kier molecular flexibility index (Phi) is 4.38. The number of fused-ring (bicyclic) bond motifs is 1. The van der Waals surface area contributed by atoms with Crippen LogP contribution in [0.25, 0.3) is 22.7 Å². The molecule has 0 aliphatic carbocycles. The Labute approximate surface area is 159 Å². The molecule has 0 spiro atoms. The monoisotopic (exact) mass is 380 g/mol.